The average molecular weight is 447 g/mol. The molecule has 2 aromatic carbocycles. The Kier molecular flexibility index (Phi) is 6.05. The summed E-state index contributed by atoms with van der Waals surface area (Å²) >= 11 is 0. The second-order valence-electron chi connectivity index (χ2n) is 8.62. The first-order chi connectivity index (χ1) is 16.2. The van der Waals surface area contributed by atoms with Gasteiger partial charge in [-0.15, -0.1) is 0 Å². The fourth-order valence-corrected chi connectivity index (χ4v) is 4.86. The summed E-state index contributed by atoms with van der Waals surface area (Å²) in [4.78, 5) is 12.5. The summed E-state index contributed by atoms with van der Waals surface area (Å²) in [5, 5.41) is 8.29. The van der Waals surface area contributed by atoms with Crippen molar-refractivity contribution in [1.82, 2.24) is 9.78 Å². The number of carbonyl (C=O) groups is 1. The van der Waals surface area contributed by atoms with E-state index < -0.39 is 5.91 Å². The number of aryl methyl sites for hydroxylation is 1. The van der Waals surface area contributed by atoms with Crippen molar-refractivity contribution in [1.29, 1.82) is 0 Å². The molecule has 0 bridgehead atoms. The van der Waals surface area contributed by atoms with Gasteiger partial charge in [0, 0.05) is 24.9 Å². The maximum atomic E-state index is 12.5. The third-order valence-corrected chi connectivity index (χ3v) is 6.56. The number of carbonyl (C=O) groups excluding carboxylic acids is 1. The van der Waals surface area contributed by atoms with Gasteiger partial charge < -0.3 is 20.5 Å². The first kappa shape index (κ1) is 21.5. The van der Waals surface area contributed by atoms with E-state index in [-0.39, 0.29) is 12.1 Å². The first-order valence-corrected chi connectivity index (χ1v) is 11.7. The van der Waals surface area contributed by atoms with Gasteiger partial charge in [-0.3, -0.25) is 4.79 Å². The van der Waals surface area contributed by atoms with Gasteiger partial charge in [0.2, 0.25) is 0 Å². The van der Waals surface area contributed by atoms with Gasteiger partial charge in [0.1, 0.15) is 28.9 Å². The standard InChI is InChI=1S/C26H30N4O3/c1-2-17-5-3-4-6-21(17)22-11-14-28-26-23(25(27)31)24(29-30(22)26)18-7-9-19(10-8-18)33-20-12-15-32-16-13-20/h3-10,20,22,28H,2,11-16H2,1H3,(H2,27,31). The Balaban J connectivity index is 1.50. The van der Waals surface area contributed by atoms with Crippen LogP contribution in [0.1, 0.15) is 53.7 Å². The third kappa shape index (κ3) is 4.20. The molecule has 1 aromatic heterocycles. The molecule has 0 saturated carbocycles. The molecule has 2 aliphatic heterocycles. The second-order valence-corrected chi connectivity index (χ2v) is 8.62. The number of nitrogens with two attached hydrogens (primary N) is 1. The van der Waals surface area contributed by atoms with E-state index in [0.29, 0.717) is 17.1 Å². The van der Waals surface area contributed by atoms with Crippen molar-refractivity contribution in [3.63, 3.8) is 0 Å². The maximum Gasteiger partial charge on any atom is 0.254 e. The van der Waals surface area contributed by atoms with Gasteiger partial charge in [0.25, 0.3) is 5.91 Å². The normalized spacial score (nSPS) is 18.4. The van der Waals surface area contributed by atoms with Gasteiger partial charge >= 0.3 is 0 Å². The summed E-state index contributed by atoms with van der Waals surface area (Å²) in [5.41, 5.74) is 10.3. The summed E-state index contributed by atoms with van der Waals surface area (Å²) in [5.74, 6) is 1.02. The molecule has 1 amide bonds. The quantitative estimate of drug-likeness (QED) is 0.593. The predicted octanol–water partition coefficient (Wildman–Crippen LogP) is 4.17. The largest absolute Gasteiger partial charge is 0.490 e. The van der Waals surface area contributed by atoms with Crippen LogP contribution in [0.2, 0.25) is 0 Å². The van der Waals surface area contributed by atoms with Crippen LogP contribution in [0.3, 0.4) is 0 Å². The topological polar surface area (TPSA) is 91.4 Å². The lowest BCUT2D eigenvalue weighted by Gasteiger charge is -2.28. The van der Waals surface area contributed by atoms with Gasteiger partial charge in [-0.05, 0) is 48.2 Å². The van der Waals surface area contributed by atoms with Crippen molar-refractivity contribution in [2.24, 2.45) is 5.73 Å². The summed E-state index contributed by atoms with van der Waals surface area (Å²) in [6.45, 7) is 4.39. The molecular formula is C26H30N4O3. The molecule has 0 aliphatic carbocycles. The zero-order valence-electron chi connectivity index (χ0n) is 18.9. The van der Waals surface area contributed by atoms with Gasteiger partial charge in [0.15, 0.2) is 0 Å². The lowest BCUT2D eigenvalue weighted by Crippen LogP contribution is -2.26. The minimum absolute atomic E-state index is 0.0559. The van der Waals surface area contributed by atoms with E-state index in [1.165, 1.54) is 11.1 Å². The van der Waals surface area contributed by atoms with Crippen molar-refractivity contribution in [2.75, 3.05) is 25.1 Å². The first-order valence-electron chi connectivity index (χ1n) is 11.7. The number of fused-ring (bicyclic) bond motifs is 1. The molecule has 3 heterocycles. The maximum absolute atomic E-state index is 12.5. The van der Waals surface area contributed by atoms with Crippen LogP contribution in [-0.2, 0) is 11.2 Å². The van der Waals surface area contributed by atoms with Gasteiger partial charge in [-0.1, -0.05) is 31.2 Å². The van der Waals surface area contributed by atoms with Crippen molar-refractivity contribution in [2.45, 2.75) is 44.8 Å². The van der Waals surface area contributed by atoms with E-state index in [4.69, 9.17) is 20.3 Å². The number of hydrogen-bond donors (Lipinski definition) is 2. The Morgan fingerprint density at radius 2 is 1.91 bits per heavy atom. The molecule has 1 atom stereocenters. The number of ether oxygens (including phenoxy) is 2. The predicted molar refractivity (Wildman–Crippen MR) is 128 cm³/mol. The van der Waals surface area contributed by atoms with Gasteiger partial charge in [0.05, 0.1) is 19.3 Å². The number of anilines is 1. The third-order valence-electron chi connectivity index (χ3n) is 6.56. The zero-order valence-corrected chi connectivity index (χ0v) is 18.9. The highest BCUT2D eigenvalue weighted by Gasteiger charge is 2.31. The molecule has 5 rings (SSSR count). The molecule has 1 saturated heterocycles. The number of nitrogens with one attached hydrogen (secondary N) is 1. The fraction of sp³-hybridized carbons (Fsp3) is 0.385. The highest BCUT2D eigenvalue weighted by molar-refractivity contribution is 6.03. The molecule has 3 N–H and O–H groups in total. The molecule has 1 unspecified atom stereocenters. The molecular weight excluding hydrogens is 416 g/mol. The molecule has 1 fully saturated rings. The smallest absolute Gasteiger partial charge is 0.254 e. The van der Waals surface area contributed by atoms with E-state index >= 15 is 0 Å². The van der Waals surface area contributed by atoms with E-state index in [1.54, 1.807) is 0 Å². The van der Waals surface area contributed by atoms with E-state index in [9.17, 15) is 4.79 Å². The Hall–Kier alpha value is -3.32. The minimum atomic E-state index is -0.481. The van der Waals surface area contributed by atoms with Crippen LogP contribution < -0.4 is 15.8 Å². The number of hydrogen-bond acceptors (Lipinski definition) is 5. The molecule has 0 spiro atoms. The van der Waals surface area contributed by atoms with Crippen LogP contribution in [0.25, 0.3) is 11.3 Å². The van der Waals surface area contributed by atoms with E-state index in [2.05, 4.69) is 36.5 Å². The van der Waals surface area contributed by atoms with Gasteiger partial charge in [-0.25, -0.2) is 4.68 Å². The van der Waals surface area contributed by atoms with Crippen LogP contribution in [0.4, 0.5) is 5.82 Å². The van der Waals surface area contributed by atoms with Crippen LogP contribution in [0, 0.1) is 0 Å². The lowest BCUT2D eigenvalue weighted by atomic mass is 9.95. The van der Waals surface area contributed by atoms with Crippen molar-refractivity contribution in [3.8, 4) is 17.0 Å². The number of nitrogens with zero attached hydrogens (tertiary/aromatic N) is 2. The summed E-state index contributed by atoms with van der Waals surface area (Å²) in [6, 6.07) is 16.3. The molecule has 0 radical (unpaired) electrons. The number of rotatable bonds is 6. The van der Waals surface area contributed by atoms with E-state index in [0.717, 1.165) is 56.8 Å². The summed E-state index contributed by atoms with van der Waals surface area (Å²) in [7, 11) is 0. The van der Waals surface area contributed by atoms with Crippen molar-refractivity contribution >= 4 is 11.7 Å². The highest BCUT2D eigenvalue weighted by Crippen LogP contribution is 2.38. The summed E-state index contributed by atoms with van der Waals surface area (Å²) in [6.07, 6.45) is 3.80. The second kappa shape index (κ2) is 9.27. The summed E-state index contributed by atoms with van der Waals surface area (Å²) < 4.78 is 13.4. The minimum Gasteiger partial charge on any atom is -0.490 e. The van der Waals surface area contributed by atoms with Crippen LogP contribution >= 0.6 is 0 Å². The number of aromatic nitrogens is 2. The van der Waals surface area contributed by atoms with Crippen LogP contribution in [0.5, 0.6) is 5.75 Å². The molecule has 3 aromatic rings. The Morgan fingerprint density at radius 1 is 1.15 bits per heavy atom. The monoisotopic (exact) mass is 446 g/mol. The average Bonchev–Trinajstić information content (AvgIpc) is 3.25. The van der Waals surface area contributed by atoms with Gasteiger partial charge in [-0.2, -0.15) is 5.10 Å². The zero-order chi connectivity index (χ0) is 22.8. The Morgan fingerprint density at radius 3 is 2.64 bits per heavy atom. The van der Waals surface area contributed by atoms with Crippen LogP contribution in [0.15, 0.2) is 48.5 Å². The SMILES string of the molecule is CCc1ccccc1C1CCNc2c(C(N)=O)c(-c3ccc(OC4CCOCC4)cc3)nn21. The number of primary amides is 1. The molecule has 33 heavy (non-hydrogen) atoms. The number of amides is 1. The highest BCUT2D eigenvalue weighted by atomic mass is 16.5. The molecule has 7 nitrogen and oxygen atoms in total. The van der Waals surface area contributed by atoms with Crippen LogP contribution in [-0.4, -0.2) is 41.6 Å². The Labute approximate surface area is 193 Å². The molecule has 7 heteroatoms. The number of benzene rings is 2. The molecule has 2 aliphatic rings. The van der Waals surface area contributed by atoms with E-state index in [1.807, 2.05) is 28.9 Å². The lowest BCUT2D eigenvalue weighted by molar-refractivity contribution is 0.0256. The Bertz CT molecular complexity index is 1130. The van der Waals surface area contributed by atoms with Crippen molar-refractivity contribution < 1.29 is 14.3 Å². The van der Waals surface area contributed by atoms with Crippen molar-refractivity contribution in [3.05, 3.63) is 65.2 Å². The fourth-order valence-electron chi connectivity index (χ4n) is 4.86. The molecule has 172 valence electrons.